The number of nitrogens with zero attached hydrogens (tertiary/aromatic N) is 3. The highest BCUT2D eigenvalue weighted by atomic mass is 32.1. The van der Waals surface area contributed by atoms with E-state index in [9.17, 15) is 4.79 Å². The summed E-state index contributed by atoms with van der Waals surface area (Å²) in [5, 5.41) is 6.04. The summed E-state index contributed by atoms with van der Waals surface area (Å²) in [6, 6.07) is 3.81. The van der Waals surface area contributed by atoms with Crippen LogP contribution in [0.4, 0.5) is 5.13 Å². The van der Waals surface area contributed by atoms with Gasteiger partial charge in [0, 0.05) is 44.2 Å². The molecule has 22 heavy (non-hydrogen) atoms. The Kier molecular flexibility index (Phi) is 5.85. The van der Waals surface area contributed by atoms with Crippen LogP contribution in [0.2, 0.25) is 0 Å². The SMILES string of the molecule is CCN(C(C)=O)c1nc(CNCc2ccc(OC)nc2)cs1. The lowest BCUT2D eigenvalue weighted by atomic mass is 10.3. The van der Waals surface area contributed by atoms with Crippen molar-refractivity contribution >= 4 is 22.4 Å². The summed E-state index contributed by atoms with van der Waals surface area (Å²) < 4.78 is 5.03. The average Bonchev–Trinajstić information content (AvgIpc) is 2.97. The van der Waals surface area contributed by atoms with Crippen LogP contribution in [-0.4, -0.2) is 29.5 Å². The van der Waals surface area contributed by atoms with Crippen LogP contribution in [-0.2, 0) is 17.9 Å². The minimum Gasteiger partial charge on any atom is -0.481 e. The number of rotatable bonds is 7. The molecule has 0 fully saturated rings. The van der Waals surface area contributed by atoms with Crippen molar-refractivity contribution in [1.82, 2.24) is 15.3 Å². The van der Waals surface area contributed by atoms with E-state index in [-0.39, 0.29) is 5.91 Å². The average molecular weight is 320 g/mol. The van der Waals surface area contributed by atoms with Gasteiger partial charge in [-0.2, -0.15) is 0 Å². The Morgan fingerprint density at radius 2 is 2.23 bits per heavy atom. The van der Waals surface area contributed by atoms with E-state index < -0.39 is 0 Å². The van der Waals surface area contributed by atoms with Crippen molar-refractivity contribution in [3.63, 3.8) is 0 Å². The van der Waals surface area contributed by atoms with Crippen LogP contribution in [0, 0.1) is 0 Å². The van der Waals surface area contributed by atoms with Gasteiger partial charge in [0.15, 0.2) is 5.13 Å². The van der Waals surface area contributed by atoms with Gasteiger partial charge >= 0.3 is 0 Å². The Balaban J connectivity index is 1.86. The number of methoxy groups -OCH3 is 1. The van der Waals surface area contributed by atoms with Gasteiger partial charge in [0.05, 0.1) is 12.8 Å². The summed E-state index contributed by atoms with van der Waals surface area (Å²) >= 11 is 1.49. The van der Waals surface area contributed by atoms with Gasteiger partial charge in [-0.1, -0.05) is 6.07 Å². The van der Waals surface area contributed by atoms with E-state index in [4.69, 9.17) is 4.74 Å². The third-order valence-corrected chi connectivity index (χ3v) is 4.02. The smallest absolute Gasteiger partial charge is 0.225 e. The molecule has 0 aliphatic heterocycles. The van der Waals surface area contributed by atoms with Crippen molar-refractivity contribution in [1.29, 1.82) is 0 Å². The fourth-order valence-electron chi connectivity index (χ4n) is 1.97. The van der Waals surface area contributed by atoms with Crippen LogP contribution in [0.3, 0.4) is 0 Å². The van der Waals surface area contributed by atoms with Crippen molar-refractivity contribution in [3.8, 4) is 5.88 Å². The van der Waals surface area contributed by atoms with E-state index in [1.165, 1.54) is 11.3 Å². The lowest BCUT2D eigenvalue weighted by molar-refractivity contribution is -0.116. The summed E-state index contributed by atoms with van der Waals surface area (Å²) in [4.78, 5) is 21.8. The first-order valence-corrected chi connectivity index (χ1v) is 7.94. The van der Waals surface area contributed by atoms with E-state index in [1.807, 2.05) is 24.4 Å². The highest BCUT2D eigenvalue weighted by molar-refractivity contribution is 7.14. The number of hydrogen-bond acceptors (Lipinski definition) is 6. The second-order valence-electron chi connectivity index (χ2n) is 4.70. The molecule has 2 rings (SSSR count). The van der Waals surface area contributed by atoms with Crippen molar-refractivity contribution in [2.45, 2.75) is 26.9 Å². The molecule has 1 N–H and O–H groups in total. The van der Waals surface area contributed by atoms with Crippen molar-refractivity contribution in [2.24, 2.45) is 0 Å². The number of aromatic nitrogens is 2. The van der Waals surface area contributed by atoms with Crippen LogP contribution < -0.4 is 15.0 Å². The summed E-state index contributed by atoms with van der Waals surface area (Å²) in [6.07, 6.45) is 1.78. The molecule has 2 aromatic rings. The van der Waals surface area contributed by atoms with E-state index in [0.29, 0.717) is 25.5 Å². The fourth-order valence-corrected chi connectivity index (χ4v) is 2.90. The molecule has 0 aromatic carbocycles. The molecule has 1 amide bonds. The molecule has 2 aromatic heterocycles. The number of pyridine rings is 1. The number of carbonyl (C=O) groups excluding carboxylic acids is 1. The quantitative estimate of drug-likeness (QED) is 0.847. The number of thiazole rings is 1. The lowest BCUT2D eigenvalue weighted by Gasteiger charge is -2.14. The molecule has 0 spiro atoms. The molecule has 118 valence electrons. The van der Waals surface area contributed by atoms with Gasteiger partial charge in [0.2, 0.25) is 11.8 Å². The molecule has 6 nitrogen and oxygen atoms in total. The van der Waals surface area contributed by atoms with Gasteiger partial charge < -0.3 is 10.1 Å². The molecule has 0 unspecified atom stereocenters. The topological polar surface area (TPSA) is 67.4 Å². The van der Waals surface area contributed by atoms with Crippen LogP contribution >= 0.6 is 11.3 Å². The van der Waals surface area contributed by atoms with Gasteiger partial charge in [-0.25, -0.2) is 9.97 Å². The molecule has 2 heterocycles. The number of anilines is 1. The van der Waals surface area contributed by atoms with E-state index in [0.717, 1.165) is 16.4 Å². The predicted molar refractivity (Wildman–Crippen MR) is 87.1 cm³/mol. The molecule has 7 heteroatoms. The number of carbonyl (C=O) groups is 1. The zero-order valence-electron chi connectivity index (χ0n) is 13.0. The lowest BCUT2D eigenvalue weighted by Crippen LogP contribution is -2.27. The maximum atomic E-state index is 11.5. The van der Waals surface area contributed by atoms with Crippen LogP contribution in [0.25, 0.3) is 0 Å². The Hall–Kier alpha value is -1.99. The predicted octanol–water partition coefficient (Wildman–Crippen LogP) is 2.21. The molecular weight excluding hydrogens is 300 g/mol. The van der Waals surface area contributed by atoms with E-state index in [1.54, 1.807) is 25.1 Å². The molecule has 0 bridgehead atoms. The zero-order chi connectivity index (χ0) is 15.9. The second-order valence-corrected chi connectivity index (χ2v) is 5.53. The first kappa shape index (κ1) is 16.4. The maximum Gasteiger partial charge on any atom is 0.225 e. The second kappa shape index (κ2) is 7.86. The van der Waals surface area contributed by atoms with Crippen LogP contribution in [0.1, 0.15) is 25.1 Å². The highest BCUT2D eigenvalue weighted by Gasteiger charge is 2.13. The van der Waals surface area contributed by atoms with Gasteiger partial charge in [-0.3, -0.25) is 9.69 Å². The minimum atomic E-state index is 0.0145. The normalized spacial score (nSPS) is 10.5. The zero-order valence-corrected chi connectivity index (χ0v) is 13.8. The number of amides is 1. The molecule has 0 saturated carbocycles. The first-order chi connectivity index (χ1) is 10.6. The third kappa shape index (κ3) is 4.25. The molecule has 0 saturated heterocycles. The van der Waals surface area contributed by atoms with Crippen molar-refractivity contribution < 1.29 is 9.53 Å². The number of hydrogen-bond donors (Lipinski definition) is 1. The minimum absolute atomic E-state index is 0.0145. The van der Waals surface area contributed by atoms with E-state index >= 15 is 0 Å². The molecular formula is C15H20N4O2S. The summed E-state index contributed by atoms with van der Waals surface area (Å²) in [6.45, 7) is 5.48. The Morgan fingerprint density at radius 1 is 1.41 bits per heavy atom. The summed E-state index contributed by atoms with van der Waals surface area (Å²) in [5.41, 5.74) is 2.01. The largest absolute Gasteiger partial charge is 0.481 e. The monoisotopic (exact) mass is 320 g/mol. The first-order valence-electron chi connectivity index (χ1n) is 7.06. The summed E-state index contributed by atoms with van der Waals surface area (Å²) in [7, 11) is 1.60. The standard InChI is InChI=1S/C15H20N4O2S/c1-4-19(11(2)20)15-18-13(10-22-15)9-16-7-12-5-6-14(21-3)17-8-12/h5-6,8,10,16H,4,7,9H2,1-3H3. The Morgan fingerprint density at radius 3 is 2.82 bits per heavy atom. The number of nitrogens with one attached hydrogen (secondary N) is 1. The van der Waals surface area contributed by atoms with Gasteiger partial charge in [0.25, 0.3) is 0 Å². The molecule has 0 aliphatic rings. The van der Waals surface area contributed by atoms with Crippen molar-refractivity contribution in [3.05, 3.63) is 35.0 Å². The molecule has 0 atom stereocenters. The molecule has 0 aliphatic carbocycles. The van der Waals surface area contributed by atoms with Gasteiger partial charge in [-0.15, -0.1) is 11.3 Å². The third-order valence-electron chi connectivity index (χ3n) is 3.11. The molecule has 0 radical (unpaired) electrons. The van der Waals surface area contributed by atoms with E-state index in [2.05, 4.69) is 15.3 Å². The highest BCUT2D eigenvalue weighted by Crippen LogP contribution is 2.20. The Bertz CT molecular complexity index is 612. The van der Waals surface area contributed by atoms with Gasteiger partial charge in [-0.05, 0) is 12.5 Å². The number of ether oxygens (including phenoxy) is 1. The van der Waals surface area contributed by atoms with Crippen LogP contribution in [0.15, 0.2) is 23.7 Å². The summed E-state index contributed by atoms with van der Waals surface area (Å²) in [5.74, 6) is 0.623. The Labute approximate surface area is 134 Å². The van der Waals surface area contributed by atoms with Crippen LogP contribution in [0.5, 0.6) is 5.88 Å². The van der Waals surface area contributed by atoms with Crippen molar-refractivity contribution in [2.75, 3.05) is 18.6 Å². The maximum absolute atomic E-state index is 11.5. The fraction of sp³-hybridized carbons (Fsp3) is 0.400. The van der Waals surface area contributed by atoms with Gasteiger partial charge in [0.1, 0.15) is 0 Å².